The first-order chi connectivity index (χ1) is 7.63. The molecule has 2 heteroatoms. The van der Waals surface area contributed by atoms with Crippen LogP contribution in [0, 0.1) is 11.8 Å². The number of likely N-dealkylation sites (tertiary alicyclic amines) is 1. The maximum Gasteiger partial charge on any atom is 0.00671 e. The second-order valence-corrected chi connectivity index (χ2v) is 5.78. The number of nitrogens with zero attached hydrogens (tertiary/aromatic N) is 1. The highest BCUT2D eigenvalue weighted by molar-refractivity contribution is 4.80. The summed E-state index contributed by atoms with van der Waals surface area (Å²) in [4.78, 5) is 2.68. The van der Waals surface area contributed by atoms with Crippen molar-refractivity contribution in [1.82, 2.24) is 10.2 Å². The summed E-state index contributed by atoms with van der Waals surface area (Å²) in [6.07, 6.45) is 4.13. The Balaban J connectivity index is 2.18. The van der Waals surface area contributed by atoms with E-state index in [9.17, 15) is 0 Å². The van der Waals surface area contributed by atoms with Crippen LogP contribution >= 0.6 is 0 Å². The molecule has 0 amide bonds. The molecule has 0 saturated carbocycles. The Morgan fingerprint density at radius 1 is 1.25 bits per heavy atom. The zero-order chi connectivity index (χ0) is 12.0. The Labute approximate surface area is 102 Å². The van der Waals surface area contributed by atoms with E-state index in [4.69, 9.17) is 0 Å². The molecule has 96 valence electrons. The van der Waals surface area contributed by atoms with Gasteiger partial charge in [0, 0.05) is 12.6 Å². The van der Waals surface area contributed by atoms with Crippen molar-refractivity contribution in [2.24, 2.45) is 11.8 Å². The van der Waals surface area contributed by atoms with Crippen molar-refractivity contribution in [2.75, 3.05) is 26.2 Å². The Morgan fingerprint density at radius 2 is 2.00 bits per heavy atom. The summed E-state index contributed by atoms with van der Waals surface area (Å²) in [7, 11) is 0. The highest BCUT2D eigenvalue weighted by Gasteiger charge is 2.25. The molecule has 1 aliphatic heterocycles. The maximum absolute atomic E-state index is 3.47. The fraction of sp³-hybridized carbons (Fsp3) is 1.00. The van der Waals surface area contributed by atoms with Gasteiger partial charge in [-0.15, -0.1) is 0 Å². The lowest BCUT2D eigenvalue weighted by Crippen LogP contribution is -2.32. The standard InChI is InChI=1S/C14H30N2/c1-5-15-10-14-8-9-16(11-14)13(4)7-6-12(2)3/h12-15H,5-11H2,1-4H3. The molecule has 1 N–H and O–H groups in total. The molecule has 0 radical (unpaired) electrons. The van der Waals surface area contributed by atoms with Crippen LogP contribution < -0.4 is 5.32 Å². The maximum atomic E-state index is 3.47. The van der Waals surface area contributed by atoms with Crippen molar-refractivity contribution in [2.45, 2.75) is 53.0 Å². The summed E-state index contributed by atoms with van der Waals surface area (Å²) in [5.74, 6) is 1.74. The average molecular weight is 226 g/mol. The van der Waals surface area contributed by atoms with Gasteiger partial charge in [0.25, 0.3) is 0 Å². The monoisotopic (exact) mass is 226 g/mol. The zero-order valence-electron chi connectivity index (χ0n) is 11.6. The minimum atomic E-state index is 0.786. The topological polar surface area (TPSA) is 15.3 Å². The van der Waals surface area contributed by atoms with Gasteiger partial charge in [0.15, 0.2) is 0 Å². The lowest BCUT2D eigenvalue weighted by atomic mass is 10.0. The molecule has 16 heavy (non-hydrogen) atoms. The summed E-state index contributed by atoms with van der Waals surface area (Å²) in [5.41, 5.74) is 0. The molecule has 1 rings (SSSR count). The molecular weight excluding hydrogens is 196 g/mol. The van der Waals surface area contributed by atoms with E-state index in [1.165, 1.54) is 38.9 Å². The second kappa shape index (κ2) is 7.29. The number of rotatable bonds is 7. The van der Waals surface area contributed by atoms with Crippen LogP contribution in [0.15, 0.2) is 0 Å². The van der Waals surface area contributed by atoms with Gasteiger partial charge in [-0.25, -0.2) is 0 Å². The summed E-state index contributed by atoms with van der Waals surface area (Å²) >= 11 is 0. The van der Waals surface area contributed by atoms with E-state index in [1.807, 2.05) is 0 Å². The van der Waals surface area contributed by atoms with E-state index in [-0.39, 0.29) is 0 Å². The number of hydrogen-bond acceptors (Lipinski definition) is 2. The zero-order valence-corrected chi connectivity index (χ0v) is 11.6. The Hall–Kier alpha value is -0.0800. The molecule has 2 nitrogen and oxygen atoms in total. The van der Waals surface area contributed by atoms with Crippen LogP contribution in [-0.2, 0) is 0 Å². The number of hydrogen-bond donors (Lipinski definition) is 1. The van der Waals surface area contributed by atoms with Gasteiger partial charge in [0.2, 0.25) is 0 Å². The molecule has 2 unspecified atom stereocenters. The van der Waals surface area contributed by atoms with E-state index < -0.39 is 0 Å². The third-order valence-electron chi connectivity index (χ3n) is 3.79. The molecule has 0 spiro atoms. The normalized spacial score (nSPS) is 24.2. The molecule has 0 aromatic rings. The van der Waals surface area contributed by atoms with Crippen LogP contribution in [0.4, 0.5) is 0 Å². The van der Waals surface area contributed by atoms with Crippen molar-refractivity contribution < 1.29 is 0 Å². The van der Waals surface area contributed by atoms with Gasteiger partial charge < -0.3 is 10.2 Å². The van der Waals surface area contributed by atoms with Gasteiger partial charge in [-0.1, -0.05) is 20.8 Å². The first kappa shape index (κ1) is 14.0. The van der Waals surface area contributed by atoms with Crippen molar-refractivity contribution in [3.8, 4) is 0 Å². The van der Waals surface area contributed by atoms with Gasteiger partial charge in [-0.2, -0.15) is 0 Å². The third-order valence-corrected chi connectivity index (χ3v) is 3.79. The van der Waals surface area contributed by atoms with Crippen LogP contribution in [0.2, 0.25) is 0 Å². The van der Waals surface area contributed by atoms with Crippen LogP contribution in [0.25, 0.3) is 0 Å². The SMILES string of the molecule is CCNCC1CCN(C(C)CCC(C)C)C1. The van der Waals surface area contributed by atoms with Crippen molar-refractivity contribution in [3.05, 3.63) is 0 Å². The molecule has 0 aliphatic carbocycles. The summed E-state index contributed by atoms with van der Waals surface area (Å²) < 4.78 is 0. The molecule has 1 saturated heterocycles. The van der Waals surface area contributed by atoms with Gasteiger partial charge in [0.05, 0.1) is 0 Å². The minimum Gasteiger partial charge on any atom is -0.317 e. The fourth-order valence-corrected chi connectivity index (χ4v) is 2.54. The Morgan fingerprint density at radius 3 is 2.62 bits per heavy atom. The predicted octanol–water partition coefficient (Wildman–Crippen LogP) is 2.74. The molecule has 1 aliphatic rings. The van der Waals surface area contributed by atoms with Gasteiger partial charge >= 0.3 is 0 Å². The summed E-state index contributed by atoms with van der Waals surface area (Å²) in [6, 6.07) is 0.786. The van der Waals surface area contributed by atoms with Crippen LogP contribution in [0.5, 0.6) is 0 Å². The van der Waals surface area contributed by atoms with Gasteiger partial charge in [0.1, 0.15) is 0 Å². The Bertz CT molecular complexity index is 180. The van der Waals surface area contributed by atoms with E-state index in [0.717, 1.165) is 24.4 Å². The first-order valence-electron chi connectivity index (χ1n) is 7.08. The van der Waals surface area contributed by atoms with Crippen molar-refractivity contribution in [3.63, 3.8) is 0 Å². The highest BCUT2D eigenvalue weighted by atomic mass is 15.2. The van der Waals surface area contributed by atoms with E-state index >= 15 is 0 Å². The largest absolute Gasteiger partial charge is 0.317 e. The third kappa shape index (κ3) is 4.84. The van der Waals surface area contributed by atoms with Crippen LogP contribution in [-0.4, -0.2) is 37.1 Å². The van der Waals surface area contributed by atoms with Gasteiger partial charge in [-0.05, 0) is 57.7 Å². The van der Waals surface area contributed by atoms with Crippen molar-refractivity contribution in [1.29, 1.82) is 0 Å². The summed E-state index contributed by atoms with van der Waals surface area (Å²) in [6.45, 7) is 14.2. The molecule has 0 aromatic heterocycles. The average Bonchev–Trinajstić information content (AvgIpc) is 2.71. The molecular formula is C14H30N2. The van der Waals surface area contributed by atoms with Gasteiger partial charge in [-0.3, -0.25) is 0 Å². The van der Waals surface area contributed by atoms with E-state index in [2.05, 4.69) is 37.9 Å². The van der Waals surface area contributed by atoms with E-state index in [0.29, 0.717) is 0 Å². The van der Waals surface area contributed by atoms with Crippen LogP contribution in [0.1, 0.15) is 47.0 Å². The molecule has 0 aromatic carbocycles. The molecule has 1 heterocycles. The molecule has 1 fully saturated rings. The smallest absolute Gasteiger partial charge is 0.00671 e. The second-order valence-electron chi connectivity index (χ2n) is 5.78. The van der Waals surface area contributed by atoms with Crippen molar-refractivity contribution >= 4 is 0 Å². The highest BCUT2D eigenvalue weighted by Crippen LogP contribution is 2.21. The number of nitrogens with one attached hydrogen (secondary N) is 1. The minimum absolute atomic E-state index is 0.786. The lowest BCUT2D eigenvalue weighted by Gasteiger charge is -2.25. The van der Waals surface area contributed by atoms with Crippen LogP contribution in [0.3, 0.4) is 0 Å². The molecule has 2 atom stereocenters. The van der Waals surface area contributed by atoms with E-state index in [1.54, 1.807) is 0 Å². The fourth-order valence-electron chi connectivity index (χ4n) is 2.54. The summed E-state index contributed by atoms with van der Waals surface area (Å²) in [5, 5.41) is 3.47. The lowest BCUT2D eigenvalue weighted by molar-refractivity contribution is 0.228. The first-order valence-corrected chi connectivity index (χ1v) is 7.08. The predicted molar refractivity (Wildman–Crippen MR) is 71.8 cm³/mol. The Kier molecular flexibility index (Phi) is 6.37. The quantitative estimate of drug-likeness (QED) is 0.718. The molecule has 0 bridgehead atoms.